The largest absolute Gasteiger partial charge is 0.488 e. The Morgan fingerprint density at radius 1 is 0.974 bits per heavy atom. The summed E-state index contributed by atoms with van der Waals surface area (Å²) < 4.78 is 27.7. The highest BCUT2D eigenvalue weighted by atomic mass is 79.9. The van der Waals surface area contributed by atoms with Crippen LogP contribution in [0.2, 0.25) is 0 Å². The maximum atomic E-state index is 13.6. The molecule has 0 N–H and O–H groups in total. The highest BCUT2D eigenvalue weighted by Crippen LogP contribution is 2.29. The molecule has 2 aromatic heterocycles. The molecule has 0 amide bonds. The third-order valence-electron chi connectivity index (χ3n) is 5.97. The van der Waals surface area contributed by atoms with E-state index in [1.165, 1.54) is 16.8 Å². The van der Waals surface area contributed by atoms with Crippen molar-refractivity contribution in [2.45, 2.75) is 6.61 Å². The van der Waals surface area contributed by atoms with Crippen LogP contribution >= 0.6 is 15.9 Å². The Morgan fingerprint density at radius 3 is 2.71 bits per heavy atom. The molecule has 0 aliphatic heterocycles. The molecule has 0 saturated carbocycles. The number of rotatable bonds is 6. The minimum atomic E-state index is -0.332. The van der Waals surface area contributed by atoms with Crippen LogP contribution in [0.4, 0.5) is 4.39 Å². The minimum absolute atomic E-state index is 0.180. The summed E-state index contributed by atoms with van der Waals surface area (Å²) in [5.74, 6) is 0.899. The van der Waals surface area contributed by atoms with E-state index in [4.69, 9.17) is 14.1 Å². The first-order chi connectivity index (χ1) is 18.5. The Kier molecular flexibility index (Phi) is 6.31. The molecule has 6 rings (SSSR count). The number of halogens is 2. The van der Waals surface area contributed by atoms with Crippen LogP contribution in [0.5, 0.6) is 5.75 Å². The van der Waals surface area contributed by atoms with Gasteiger partial charge in [-0.1, -0.05) is 52.3 Å². The van der Waals surface area contributed by atoms with Crippen molar-refractivity contribution in [3.8, 4) is 17.3 Å². The second-order valence-corrected chi connectivity index (χ2v) is 9.48. The van der Waals surface area contributed by atoms with E-state index in [9.17, 15) is 9.18 Å². The zero-order valence-electron chi connectivity index (χ0n) is 19.8. The van der Waals surface area contributed by atoms with Crippen molar-refractivity contribution in [1.82, 2.24) is 9.66 Å². The van der Waals surface area contributed by atoms with Crippen LogP contribution in [0.15, 0.2) is 116 Å². The zero-order chi connectivity index (χ0) is 26.1. The predicted molar refractivity (Wildman–Crippen MR) is 149 cm³/mol. The SMILES string of the molecule is O=c1c2ccccc2nc(-c2cc3cc(Br)ccc3o2)n1N=Cc1ccccc1OCc1cccc(F)c1. The van der Waals surface area contributed by atoms with E-state index < -0.39 is 0 Å². The molecule has 0 aliphatic carbocycles. The van der Waals surface area contributed by atoms with Crippen LogP contribution in [-0.4, -0.2) is 15.9 Å². The van der Waals surface area contributed by atoms with Crippen molar-refractivity contribution in [2.24, 2.45) is 5.10 Å². The number of para-hydroxylation sites is 2. The number of hydrogen-bond acceptors (Lipinski definition) is 5. The monoisotopic (exact) mass is 567 g/mol. The average molecular weight is 568 g/mol. The van der Waals surface area contributed by atoms with E-state index in [-0.39, 0.29) is 23.8 Å². The summed E-state index contributed by atoms with van der Waals surface area (Å²) in [5, 5.41) is 5.82. The van der Waals surface area contributed by atoms with Gasteiger partial charge in [-0.05, 0) is 66.2 Å². The van der Waals surface area contributed by atoms with Gasteiger partial charge in [-0.2, -0.15) is 9.78 Å². The standard InChI is InChI=1S/C30H19BrFN3O3/c31-22-12-13-27-21(15-22)16-28(38-27)29-34-25-10-3-2-9-24(25)30(36)35(29)33-17-20-7-1-4-11-26(20)37-18-19-6-5-8-23(32)14-19/h1-17H,18H2. The molecule has 38 heavy (non-hydrogen) atoms. The normalized spacial score (nSPS) is 11.5. The van der Waals surface area contributed by atoms with Gasteiger partial charge < -0.3 is 9.15 Å². The molecule has 6 nitrogen and oxygen atoms in total. The lowest BCUT2D eigenvalue weighted by Crippen LogP contribution is -2.20. The van der Waals surface area contributed by atoms with Crippen LogP contribution in [0.3, 0.4) is 0 Å². The van der Waals surface area contributed by atoms with Crippen LogP contribution in [0.1, 0.15) is 11.1 Å². The second-order valence-electron chi connectivity index (χ2n) is 8.56. The Balaban J connectivity index is 1.42. The van der Waals surface area contributed by atoms with E-state index in [2.05, 4.69) is 21.0 Å². The quantitative estimate of drug-likeness (QED) is 0.200. The Labute approximate surface area is 224 Å². The summed E-state index contributed by atoms with van der Waals surface area (Å²) in [5.41, 5.74) is 2.22. The molecule has 0 saturated heterocycles. The number of ether oxygens (including phenoxy) is 1. The van der Waals surface area contributed by atoms with Crippen LogP contribution in [-0.2, 0) is 6.61 Å². The Morgan fingerprint density at radius 2 is 1.82 bits per heavy atom. The van der Waals surface area contributed by atoms with Gasteiger partial charge in [0.05, 0.1) is 17.1 Å². The van der Waals surface area contributed by atoms with Crippen molar-refractivity contribution in [3.63, 3.8) is 0 Å². The summed E-state index contributed by atoms with van der Waals surface area (Å²) in [7, 11) is 0. The first-order valence-corrected chi connectivity index (χ1v) is 12.6. The third-order valence-corrected chi connectivity index (χ3v) is 6.46. The fraction of sp³-hybridized carbons (Fsp3) is 0.0333. The molecule has 6 aromatic rings. The molecule has 0 unspecified atom stereocenters. The lowest BCUT2D eigenvalue weighted by molar-refractivity contribution is 0.305. The minimum Gasteiger partial charge on any atom is -0.488 e. The summed E-state index contributed by atoms with van der Waals surface area (Å²) >= 11 is 3.48. The van der Waals surface area contributed by atoms with Crippen LogP contribution in [0, 0.1) is 5.82 Å². The summed E-state index contributed by atoms with van der Waals surface area (Å²) in [4.78, 5) is 18.3. The fourth-order valence-corrected chi connectivity index (χ4v) is 4.52. The highest BCUT2D eigenvalue weighted by Gasteiger charge is 2.17. The van der Waals surface area contributed by atoms with E-state index >= 15 is 0 Å². The molecular formula is C30H19BrFN3O3. The molecule has 8 heteroatoms. The van der Waals surface area contributed by atoms with Crippen molar-refractivity contribution in [2.75, 3.05) is 0 Å². The smallest absolute Gasteiger partial charge is 0.282 e. The maximum absolute atomic E-state index is 13.6. The molecule has 0 radical (unpaired) electrons. The number of benzene rings is 4. The maximum Gasteiger partial charge on any atom is 0.282 e. The van der Waals surface area contributed by atoms with Gasteiger partial charge in [-0.15, -0.1) is 0 Å². The molecule has 0 aliphatic rings. The number of aromatic nitrogens is 2. The molecule has 186 valence electrons. The molecular weight excluding hydrogens is 549 g/mol. The van der Waals surface area contributed by atoms with Crippen molar-refractivity contribution in [3.05, 3.63) is 129 Å². The lowest BCUT2D eigenvalue weighted by Gasteiger charge is -2.10. The number of furan rings is 1. The molecule has 0 fully saturated rings. The molecule has 4 aromatic carbocycles. The van der Waals surface area contributed by atoms with E-state index in [0.717, 1.165) is 9.86 Å². The zero-order valence-corrected chi connectivity index (χ0v) is 21.4. The second kappa shape index (κ2) is 10.1. The van der Waals surface area contributed by atoms with Crippen LogP contribution in [0.25, 0.3) is 33.5 Å². The third kappa shape index (κ3) is 4.73. The van der Waals surface area contributed by atoms with Gasteiger partial charge in [0.2, 0.25) is 5.82 Å². The first kappa shape index (κ1) is 23.8. The fourth-order valence-electron chi connectivity index (χ4n) is 4.14. The summed E-state index contributed by atoms with van der Waals surface area (Å²) in [6, 6.07) is 28.1. The Bertz CT molecular complexity index is 1890. The van der Waals surface area contributed by atoms with Gasteiger partial charge in [0.25, 0.3) is 5.56 Å². The lowest BCUT2D eigenvalue weighted by atomic mass is 10.2. The number of hydrogen-bond donors (Lipinski definition) is 0. The molecule has 0 spiro atoms. The number of nitrogens with zero attached hydrogens (tertiary/aromatic N) is 3. The van der Waals surface area contributed by atoms with Gasteiger partial charge in [0.15, 0.2) is 5.76 Å². The average Bonchev–Trinajstić information content (AvgIpc) is 3.35. The predicted octanol–water partition coefficient (Wildman–Crippen LogP) is 7.17. The molecule has 2 heterocycles. The van der Waals surface area contributed by atoms with Gasteiger partial charge >= 0.3 is 0 Å². The van der Waals surface area contributed by atoms with E-state index in [0.29, 0.717) is 39.1 Å². The highest BCUT2D eigenvalue weighted by molar-refractivity contribution is 9.10. The van der Waals surface area contributed by atoms with Gasteiger partial charge in [0, 0.05) is 15.4 Å². The van der Waals surface area contributed by atoms with Crippen molar-refractivity contribution in [1.29, 1.82) is 0 Å². The topological polar surface area (TPSA) is 69.6 Å². The van der Waals surface area contributed by atoms with Crippen molar-refractivity contribution >= 4 is 44.0 Å². The summed E-state index contributed by atoms with van der Waals surface area (Å²) in [6.45, 7) is 0.180. The molecule has 0 atom stereocenters. The number of fused-ring (bicyclic) bond motifs is 2. The molecule has 0 bridgehead atoms. The van der Waals surface area contributed by atoms with Gasteiger partial charge in [-0.3, -0.25) is 4.79 Å². The van der Waals surface area contributed by atoms with Crippen LogP contribution < -0.4 is 10.3 Å². The van der Waals surface area contributed by atoms with Gasteiger partial charge in [0.1, 0.15) is 23.8 Å². The van der Waals surface area contributed by atoms with E-state index in [1.54, 1.807) is 42.6 Å². The van der Waals surface area contributed by atoms with E-state index in [1.807, 2.05) is 48.5 Å². The van der Waals surface area contributed by atoms with Crippen molar-refractivity contribution < 1.29 is 13.5 Å². The van der Waals surface area contributed by atoms with Gasteiger partial charge in [-0.25, -0.2) is 9.37 Å². The first-order valence-electron chi connectivity index (χ1n) is 11.8. The Hall–Kier alpha value is -4.56. The summed E-state index contributed by atoms with van der Waals surface area (Å²) in [6.07, 6.45) is 1.54.